The highest BCUT2D eigenvalue weighted by Crippen LogP contribution is 2.66. The SMILES string of the molecule is C1CCC2C(C1)OC1CC3OC4CCCCC4N4C5CCCCC5B5C6CCCCC6N2C1C5C34.c1ccc(N(c2ccccc2)c2cc3c4c(c2)N(c2ccccc2)c2cc5c(cc2B4c2ccccc2N3c2ccccc2)c2ccccc2n5-c2ccccc2)cc1.c1ccc(N(c2ccccc2)c2cc3c4c(c2)N(c2ccccc2)c2ccc5ccccc5c2B4c2ccccc2N3c2ccccc2)cc1. The van der Waals surface area contributed by atoms with Gasteiger partial charge in [-0.1, -0.05) is 319 Å². The molecule has 17 aromatic carbocycles. The van der Waals surface area contributed by atoms with Crippen LogP contribution in [0.25, 0.3) is 38.3 Å². The van der Waals surface area contributed by atoms with Crippen LogP contribution in [-0.4, -0.2) is 95.2 Å². The third-order valence-electron chi connectivity index (χ3n) is 35.5. The van der Waals surface area contributed by atoms with E-state index in [0.717, 1.165) is 117 Å². The molecule has 5 aliphatic carbocycles. The number of anilines is 18. The minimum atomic E-state index is -0.0229. The van der Waals surface area contributed by atoms with Crippen molar-refractivity contribution in [2.45, 2.75) is 187 Å². The quantitative estimate of drug-likeness (QED) is 0.117. The van der Waals surface area contributed by atoms with Gasteiger partial charge >= 0.3 is 0 Å². The zero-order valence-corrected chi connectivity index (χ0v) is 81.4. The highest BCUT2D eigenvalue weighted by molar-refractivity contribution is 7.02. The number of rotatable bonds is 11. The Bertz CT molecular complexity index is 7690. The molecule has 144 heavy (non-hydrogen) atoms. The maximum Gasteiger partial charge on any atom is 0.252 e. The predicted molar refractivity (Wildman–Crippen MR) is 601 cm³/mol. The minimum absolute atomic E-state index is 0.0229. The zero-order chi connectivity index (χ0) is 94.6. The lowest BCUT2D eigenvalue weighted by Gasteiger charge is -2.74. The number of benzene rings is 17. The van der Waals surface area contributed by atoms with E-state index in [0.29, 0.717) is 36.5 Å². The Morgan fingerprint density at radius 2 is 0.597 bits per heavy atom. The first-order valence-electron chi connectivity index (χ1n) is 53.8. The molecule has 0 bridgehead atoms. The van der Waals surface area contributed by atoms with Crippen LogP contribution in [0.4, 0.5) is 102 Å². The van der Waals surface area contributed by atoms with E-state index >= 15 is 0 Å². The van der Waals surface area contributed by atoms with Crippen molar-refractivity contribution < 1.29 is 9.47 Å². The van der Waals surface area contributed by atoms with Crippen LogP contribution in [0.3, 0.4) is 0 Å². The van der Waals surface area contributed by atoms with Gasteiger partial charge in [-0.3, -0.25) is 9.80 Å². The van der Waals surface area contributed by atoms with E-state index in [1.54, 1.807) is 0 Å². The monoisotopic (exact) mass is 1870 g/mol. The van der Waals surface area contributed by atoms with Crippen LogP contribution in [0.15, 0.2) is 419 Å². The summed E-state index contributed by atoms with van der Waals surface area (Å²) in [6, 6.07) is 157. The van der Waals surface area contributed by atoms with Gasteiger partial charge in [0.25, 0.3) is 13.4 Å². The van der Waals surface area contributed by atoms with Crippen molar-refractivity contribution in [2.24, 2.45) is 0 Å². The van der Waals surface area contributed by atoms with Gasteiger partial charge in [-0.15, -0.1) is 0 Å². The lowest BCUT2D eigenvalue weighted by Crippen LogP contribution is -2.82. The van der Waals surface area contributed by atoms with Crippen molar-refractivity contribution in [3.8, 4) is 5.69 Å². The van der Waals surface area contributed by atoms with Gasteiger partial charge in [0.15, 0.2) is 6.71 Å². The molecule has 14 heteroatoms. The average Bonchev–Trinajstić information content (AvgIpc) is 0.991. The zero-order valence-electron chi connectivity index (χ0n) is 81.4. The van der Waals surface area contributed by atoms with Crippen LogP contribution >= 0.6 is 0 Å². The van der Waals surface area contributed by atoms with Crippen LogP contribution in [0.2, 0.25) is 17.5 Å². The van der Waals surface area contributed by atoms with Crippen molar-refractivity contribution in [2.75, 3.05) is 29.4 Å². The molecule has 1 aromatic heterocycles. The highest BCUT2D eigenvalue weighted by Gasteiger charge is 2.71. The maximum absolute atomic E-state index is 7.20. The summed E-state index contributed by atoms with van der Waals surface area (Å²) in [4.78, 5) is 21.2. The lowest BCUT2D eigenvalue weighted by atomic mass is 9.18. The Balaban J connectivity index is 0.000000106. The molecule has 9 fully saturated rings. The number of hydrogen-bond donors (Lipinski definition) is 0. The molecule has 4 saturated heterocycles. The number of ether oxygens (including phenoxy) is 2. The number of fused-ring (bicyclic) bond motifs is 23. The van der Waals surface area contributed by atoms with Gasteiger partial charge in [-0.25, -0.2) is 0 Å². The van der Waals surface area contributed by atoms with Crippen molar-refractivity contribution >= 4 is 188 Å². The summed E-state index contributed by atoms with van der Waals surface area (Å²) >= 11 is 0. The molecule has 8 aliphatic heterocycles. The van der Waals surface area contributed by atoms with Crippen LogP contribution in [0.5, 0.6) is 0 Å². The fourth-order valence-electron chi connectivity index (χ4n) is 30.3. The van der Waals surface area contributed by atoms with E-state index in [4.69, 9.17) is 9.47 Å². The second-order valence-corrected chi connectivity index (χ2v) is 42.7. The van der Waals surface area contributed by atoms with E-state index in [1.807, 2.05) is 0 Å². The Kier molecular flexibility index (Phi) is 21.5. The van der Waals surface area contributed by atoms with Gasteiger partial charge < -0.3 is 43.4 Å². The number of hydrogen-bond acceptors (Lipinski definition) is 10. The molecule has 0 N–H and O–H groups in total. The molecule has 13 aliphatic rings. The second kappa shape index (κ2) is 35.9. The summed E-state index contributed by atoms with van der Waals surface area (Å²) in [5, 5.41) is 5.04. The first-order chi connectivity index (χ1) is 71.5. The van der Waals surface area contributed by atoms with Crippen LogP contribution in [0.1, 0.15) is 109 Å². The lowest BCUT2D eigenvalue weighted by molar-refractivity contribution is -0.258. The summed E-state index contributed by atoms with van der Waals surface area (Å²) in [5.74, 6) is 2.73. The topological polar surface area (TPSA) is 49.3 Å². The standard InChI is InChI=1S/C54H37BN4.C46H32BN3.C30H47BN2O2/c1-6-20-38(21-7-1)56(39-22-8-2-9-23-39)43-34-52-54-53(35-43)59(42-28-14-5-15-29-42)51-37-50-45(44-30-16-18-32-48(44)57(50)40-24-10-3-11-25-40)36-47(51)55(54)46-31-17-19-33-49(46)58(52)41-26-12-4-13-27-41;1-5-18-34(19-6-1)48(35-20-7-2-8-21-35)38-31-43-46-44(32-38)50(37-24-11-4-12-25-37)42-30-29-33-17-13-14-26-39(33)45(42)47(46)40-27-15-16-28-41(40)49(43)36-22-9-3-10-23-36;1-3-11-20-18(9-1)31-19-10-2-4-12-21(19)33-23-14-6-8-16-25(23)35-27-17-26-29(28(31)30(27)33)32(20)22-13-5-7-15-24(22)34-26/h1-37H;1-32H;18-30H,1-17H2. The molecule has 0 spiro atoms. The molecule has 0 radical (unpaired) electrons. The number of nitrogens with zero attached hydrogens (tertiary/aromatic N) is 9. The molecule has 12 atom stereocenters. The largest absolute Gasteiger partial charge is 0.372 e. The van der Waals surface area contributed by atoms with E-state index in [-0.39, 0.29) is 13.4 Å². The predicted octanol–water partition coefficient (Wildman–Crippen LogP) is 28.4. The molecular weight excluding hydrogens is 1750 g/mol. The summed E-state index contributed by atoms with van der Waals surface area (Å²) < 4.78 is 16.8. The molecule has 12 unspecified atom stereocenters. The Labute approximate surface area is 846 Å². The van der Waals surface area contributed by atoms with Crippen LogP contribution in [-0.2, 0) is 9.47 Å². The Morgan fingerprint density at radius 3 is 1.06 bits per heavy atom. The van der Waals surface area contributed by atoms with Gasteiger partial charge in [-0.05, 0) is 263 Å². The van der Waals surface area contributed by atoms with Gasteiger partial charge in [-0.2, -0.15) is 0 Å². The molecular formula is C130H116B3N9O2. The fourth-order valence-corrected chi connectivity index (χ4v) is 30.3. The second-order valence-electron chi connectivity index (χ2n) is 42.7. The molecule has 31 rings (SSSR count). The van der Waals surface area contributed by atoms with Crippen molar-refractivity contribution in [1.29, 1.82) is 0 Å². The van der Waals surface area contributed by atoms with E-state index < -0.39 is 0 Å². The number of aromatic nitrogens is 1. The van der Waals surface area contributed by atoms with E-state index in [1.165, 1.54) is 214 Å². The molecule has 11 nitrogen and oxygen atoms in total. The summed E-state index contributed by atoms with van der Waals surface area (Å²) in [6.07, 6.45) is 26.1. The molecule has 5 saturated carbocycles. The van der Waals surface area contributed by atoms with Crippen LogP contribution < -0.4 is 62.2 Å². The molecule has 9 heterocycles. The van der Waals surface area contributed by atoms with E-state index in [2.05, 4.69) is 462 Å². The molecule has 18 aromatic rings. The van der Waals surface area contributed by atoms with Crippen LogP contribution in [0, 0.1) is 0 Å². The molecule has 0 amide bonds. The van der Waals surface area contributed by atoms with Gasteiger partial charge in [0, 0.05) is 150 Å². The van der Waals surface area contributed by atoms with Crippen molar-refractivity contribution in [3.05, 3.63) is 419 Å². The van der Waals surface area contributed by atoms with Gasteiger partial charge in [0.1, 0.15) is 0 Å². The minimum Gasteiger partial charge on any atom is -0.372 e. The van der Waals surface area contributed by atoms with E-state index in [9.17, 15) is 0 Å². The normalized spacial score (nSPS) is 23.5. The molecule has 702 valence electrons. The number of para-hydroxylation sites is 12. The fraction of sp³-hybridized carbons (Fsp3) is 0.231. The Hall–Kier alpha value is -14.4. The average molecular weight is 1870 g/mol. The van der Waals surface area contributed by atoms with Gasteiger partial charge in [0.05, 0.1) is 46.8 Å². The smallest absolute Gasteiger partial charge is 0.252 e. The third kappa shape index (κ3) is 14.0. The number of morpholine rings is 2. The first-order valence-corrected chi connectivity index (χ1v) is 53.8. The summed E-state index contributed by atoms with van der Waals surface area (Å²) in [6.45, 7) is 0.962. The first kappa shape index (κ1) is 86.3. The van der Waals surface area contributed by atoms with Crippen molar-refractivity contribution in [3.63, 3.8) is 0 Å². The van der Waals surface area contributed by atoms with Crippen molar-refractivity contribution in [1.82, 2.24) is 14.4 Å². The Morgan fingerprint density at radius 1 is 0.236 bits per heavy atom. The third-order valence-corrected chi connectivity index (χ3v) is 35.5. The van der Waals surface area contributed by atoms with Gasteiger partial charge in [0.2, 0.25) is 0 Å². The summed E-state index contributed by atoms with van der Waals surface area (Å²) in [7, 11) is 0. The highest BCUT2D eigenvalue weighted by atomic mass is 16.5. The maximum atomic E-state index is 7.20. The summed E-state index contributed by atoms with van der Waals surface area (Å²) in [5.41, 5.74) is 32.0.